The van der Waals surface area contributed by atoms with Crippen LogP contribution in [0.25, 0.3) is 0 Å². The molecule has 1 aliphatic heterocycles. The van der Waals surface area contributed by atoms with E-state index in [1.54, 1.807) is 6.92 Å². The second-order valence-electron chi connectivity index (χ2n) is 4.24. The normalized spacial score (nSPS) is 14.8. The SMILES string of the molecule is Cc1nsc(NC(=O)CN2CCCC2=O)c1C(=O)O. The molecule has 0 radical (unpaired) electrons. The van der Waals surface area contributed by atoms with E-state index in [0.717, 1.165) is 18.0 Å². The van der Waals surface area contributed by atoms with E-state index in [-0.39, 0.29) is 23.0 Å². The monoisotopic (exact) mass is 283 g/mol. The number of carbonyl (C=O) groups is 3. The average molecular weight is 283 g/mol. The predicted octanol–water partition coefficient (Wildman–Crippen LogP) is 0.711. The van der Waals surface area contributed by atoms with E-state index < -0.39 is 11.9 Å². The Morgan fingerprint density at radius 3 is 2.84 bits per heavy atom. The fourth-order valence-electron chi connectivity index (χ4n) is 1.92. The minimum atomic E-state index is -1.13. The lowest BCUT2D eigenvalue weighted by Crippen LogP contribution is -2.34. The third-order valence-corrected chi connectivity index (χ3v) is 3.69. The molecule has 2 N–H and O–H groups in total. The molecule has 19 heavy (non-hydrogen) atoms. The molecule has 1 aromatic heterocycles. The van der Waals surface area contributed by atoms with Gasteiger partial charge in [-0.25, -0.2) is 4.79 Å². The fraction of sp³-hybridized carbons (Fsp3) is 0.455. The third kappa shape index (κ3) is 2.90. The van der Waals surface area contributed by atoms with Crippen LogP contribution in [0.5, 0.6) is 0 Å². The van der Waals surface area contributed by atoms with Crippen molar-refractivity contribution in [2.75, 3.05) is 18.4 Å². The van der Waals surface area contributed by atoms with Crippen LogP contribution in [0.15, 0.2) is 0 Å². The number of aromatic carboxylic acids is 1. The number of carbonyl (C=O) groups excluding carboxylic acids is 2. The molecule has 7 nitrogen and oxygen atoms in total. The number of carboxylic acid groups (broad SMARTS) is 1. The molecule has 0 unspecified atom stereocenters. The highest BCUT2D eigenvalue weighted by Gasteiger charge is 2.24. The Morgan fingerprint density at radius 1 is 1.53 bits per heavy atom. The predicted molar refractivity (Wildman–Crippen MR) is 68.3 cm³/mol. The van der Waals surface area contributed by atoms with Gasteiger partial charge in [-0.1, -0.05) is 0 Å². The van der Waals surface area contributed by atoms with E-state index in [4.69, 9.17) is 5.11 Å². The van der Waals surface area contributed by atoms with E-state index in [9.17, 15) is 14.4 Å². The Kier molecular flexibility index (Phi) is 3.79. The zero-order chi connectivity index (χ0) is 14.0. The van der Waals surface area contributed by atoms with Crippen molar-refractivity contribution in [3.05, 3.63) is 11.3 Å². The van der Waals surface area contributed by atoms with Crippen molar-refractivity contribution >= 4 is 34.3 Å². The summed E-state index contributed by atoms with van der Waals surface area (Å²) in [7, 11) is 0. The second-order valence-corrected chi connectivity index (χ2v) is 5.02. The van der Waals surface area contributed by atoms with Crippen molar-refractivity contribution < 1.29 is 19.5 Å². The maximum atomic E-state index is 11.8. The summed E-state index contributed by atoms with van der Waals surface area (Å²) in [5.41, 5.74) is 0.371. The molecular weight excluding hydrogens is 270 g/mol. The van der Waals surface area contributed by atoms with Gasteiger partial charge in [-0.2, -0.15) is 4.37 Å². The zero-order valence-corrected chi connectivity index (χ0v) is 11.1. The van der Waals surface area contributed by atoms with Crippen LogP contribution >= 0.6 is 11.5 Å². The number of likely N-dealkylation sites (tertiary alicyclic amines) is 1. The van der Waals surface area contributed by atoms with E-state index >= 15 is 0 Å². The molecular formula is C11H13N3O4S. The van der Waals surface area contributed by atoms with Gasteiger partial charge >= 0.3 is 5.97 Å². The van der Waals surface area contributed by atoms with E-state index in [0.29, 0.717) is 18.7 Å². The first-order valence-electron chi connectivity index (χ1n) is 5.76. The van der Waals surface area contributed by atoms with Gasteiger partial charge in [-0.3, -0.25) is 9.59 Å². The smallest absolute Gasteiger partial charge is 0.340 e. The summed E-state index contributed by atoms with van der Waals surface area (Å²) in [6.45, 7) is 2.09. The van der Waals surface area contributed by atoms with Crippen LogP contribution < -0.4 is 5.32 Å². The van der Waals surface area contributed by atoms with Gasteiger partial charge in [0.25, 0.3) is 0 Å². The van der Waals surface area contributed by atoms with Gasteiger partial charge in [0.1, 0.15) is 10.6 Å². The van der Waals surface area contributed by atoms with E-state index in [1.807, 2.05) is 0 Å². The Hall–Kier alpha value is -1.96. The molecule has 8 heteroatoms. The number of hydrogen-bond donors (Lipinski definition) is 2. The minimum absolute atomic E-state index is 0.00565. The number of nitrogens with one attached hydrogen (secondary N) is 1. The molecule has 0 saturated carbocycles. The topological polar surface area (TPSA) is 99.6 Å². The number of rotatable bonds is 4. The molecule has 0 aromatic carbocycles. The first kappa shape index (κ1) is 13.5. The summed E-state index contributed by atoms with van der Waals surface area (Å²) in [5.74, 6) is -1.57. The Labute approximate surface area is 113 Å². The molecule has 0 bridgehead atoms. The molecule has 2 amide bonds. The summed E-state index contributed by atoms with van der Waals surface area (Å²) >= 11 is 0.925. The van der Waals surface area contributed by atoms with Crippen LogP contribution in [-0.2, 0) is 9.59 Å². The molecule has 1 fully saturated rings. The van der Waals surface area contributed by atoms with Gasteiger partial charge in [0.05, 0.1) is 12.2 Å². The molecule has 2 heterocycles. The maximum absolute atomic E-state index is 11.8. The van der Waals surface area contributed by atoms with Gasteiger partial charge in [0.2, 0.25) is 11.8 Å². The summed E-state index contributed by atoms with van der Waals surface area (Å²) in [6, 6.07) is 0. The largest absolute Gasteiger partial charge is 0.478 e. The first-order chi connectivity index (χ1) is 8.99. The van der Waals surface area contributed by atoms with Crippen LogP contribution in [0.2, 0.25) is 0 Å². The second kappa shape index (κ2) is 5.35. The zero-order valence-electron chi connectivity index (χ0n) is 10.3. The highest BCUT2D eigenvalue weighted by atomic mass is 32.1. The number of nitrogens with zero attached hydrogens (tertiary/aromatic N) is 2. The van der Waals surface area contributed by atoms with Crippen molar-refractivity contribution in [3.8, 4) is 0 Å². The van der Waals surface area contributed by atoms with Crippen LogP contribution in [-0.4, -0.2) is 45.3 Å². The maximum Gasteiger partial charge on any atom is 0.340 e. The first-order valence-corrected chi connectivity index (χ1v) is 6.53. The molecule has 0 atom stereocenters. The number of aromatic nitrogens is 1. The van der Waals surface area contributed by atoms with Crippen molar-refractivity contribution in [3.63, 3.8) is 0 Å². The Bertz CT molecular complexity index is 540. The Balaban J connectivity index is 2.03. The lowest BCUT2D eigenvalue weighted by Gasteiger charge is -2.14. The number of anilines is 1. The summed E-state index contributed by atoms with van der Waals surface area (Å²) in [4.78, 5) is 35.7. The lowest BCUT2D eigenvalue weighted by atomic mass is 10.2. The highest BCUT2D eigenvalue weighted by Crippen LogP contribution is 2.24. The quantitative estimate of drug-likeness (QED) is 0.847. The van der Waals surface area contributed by atoms with Crippen molar-refractivity contribution in [1.82, 2.24) is 9.27 Å². The molecule has 102 valence electrons. The van der Waals surface area contributed by atoms with Crippen LogP contribution in [0, 0.1) is 6.92 Å². The van der Waals surface area contributed by atoms with E-state index in [2.05, 4.69) is 9.69 Å². The van der Waals surface area contributed by atoms with Crippen molar-refractivity contribution in [2.45, 2.75) is 19.8 Å². The van der Waals surface area contributed by atoms with Gasteiger partial charge < -0.3 is 15.3 Å². The molecule has 1 aromatic rings. The summed E-state index contributed by atoms with van der Waals surface area (Å²) in [5, 5.41) is 11.7. The van der Waals surface area contributed by atoms with Gasteiger partial charge in [-0.05, 0) is 24.9 Å². The number of carboxylic acids is 1. The summed E-state index contributed by atoms with van der Waals surface area (Å²) < 4.78 is 3.90. The van der Waals surface area contributed by atoms with Crippen LogP contribution in [0.1, 0.15) is 28.9 Å². The van der Waals surface area contributed by atoms with Crippen molar-refractivity contribution in [1.29, 1.82) is 0 Å². The van der Waals surface area contributed by atoms with Gasteiger partial charge in [0.15, 0.2) is 0 Å². The van der Waals surface area contributed by atoms with Crippen LogP contribution in [0.4, 0.5) is 5.00 Å². The van der Waals surface area contributed by atoms with Gasteiger partial charge in [0, 0.05) is 13.0 Å². The fourth-order valence-corrected chi connectivity index (χ4v) is 2.72. The standard InChI is InChI=1S/C11H13N3O4S/c1-6-9(11(17)18)10(19-13-6)12-7(15)5-14-4-2-3-8(14)16/h2-5H2,1H3,(H,12,15)(H,17,18). The van der Waals surface area contributed by atoms with Crippen LogP contribution in [0.3, 0.4) is 0 Å². The summed E-state index contributed by atoms with van der Waals surface area (Å²) in [6.07, 6.45) is 1.22. The number of aryl methyl sites for hydroxylation is 1. The molecule has 2 rings (SSSR count). The molecule has 1 aliphatic rings. The highest BCUT2D eigenvalue weighted by molar-refractivity contribution is 7.11. The van der Waals surface area contributed by atoms with Gasteiger partial charge in [-0.15, -0.1) is 0 Å². The lowest BCUT2D eigenvalue weighted by molar-refractivity contribution is -0.131. The minimum Gasteiger partial charge on any atom is -0.478 e. The van der Waals surface area contributed by atoms with E-state index in [1.165, 1.54) is 4.90 Å². The molecule has 0 aliphatic carbocycles. The average Bonchev–Trinajstić information content (AvgIpc) is 2.86. The number of hydrogen-bond acceptors (Lipinski definition) is 5. The molecule has 0 spiro atoms. The van der Waals surface area contributed by atoms with Crippen molar-refractivity contribution in [2.24, 2.45) is 0 Å². The Morgan fingerprint density at radius 2 is 2.26 bits per heavy atom. The third-order valence-electron chi connectivity index (χ3n) is 2.84. The number of amides is 2. The molecule has 1 saturated heterocycles.